The summed E-state index contributed by atoms with van der Waals surface area (Å²) in [6, 6.07) is 7.41. The molecule has 0 atom stereocenters. The second-order valence-electron chi connectivity index (χ2n) is 3.97. The van der Waals surface area contributed by atoms with Gasteiger partial charge in [0.05, 0.1) is 10.8 Å². The van der Waals surface area contributed by atoms with Crippen LogP contribution in [0.5, 0.6) is 0 Å². The molecule has 0 bridgehead atoms. The minimum absolute atomic E-state index is 0.533. The van der Waals surface area contributed by atoms with Crippen molar-refractivity contribution in [3.05, 3.63) is 45.9 Å². The highest BCUT2D eigenvalue weighted by molar-refractivity contribution is 7.98. The Balaban J connectivity index is 1.73. The van der Waals surface area contributed by atoms with Crippen LogP contribution in [0.3, 0.4) is 0 Å². The van der Waals surface area contributed by atoms with Gasteiger partial charge in [0.15, 0.2) is 0 Å². The number of halogens is 1. The Labute approximate surface area is 129 Å². The molecule has 3 aromatic rings. The maximum Gasteiger partial charge on any atom is 0.237 e. The first kappa shape index (κ1) is 13.5. The van der Waals surface area contributed by atoms with Crippen LogP contribution in [0.1, 0.15) is 5.89 Å². The van der Waals surface area contributed by atoms with Crippen LogP contribution in [-0.4, -0.2) is 10.1 Å². The molecule has 7 heteroatoms. The Morgan fingerprint density at radius 1 is 1.35 bits per heavy atom. The van der Waals surface area contributed by atoms with Crippen molar-refractivity contribution in [1.82, 2.24) is 10.1 Å². The highest BCUT2D eigenvalue weighted by Gasteiger charge is 2.11. The molecule has 0 saturated carbocycles. The monoisotopic (exact) mass is 323 g/mol. The van der Waals surface area contributed by atoms with Crippen molar-refractivity contribution < 1.29 is 4.52 Å². The van der Waals surface area contributed by atoms with Gasteiger partial charge in [0.2, 0.25) is 11.7 Å². The van der Waals surface area contributed by atoms with E-state index in [0.717, 1.165) is 10.5 Å². The molecule has 102 valence electrons. The van der Waals surface area contributed by atoms with Gasteiger partial charge in [0, 0.05) is 21.5 Å². The van der Waals surface area contributed by atoms with Crippen molar-refractivity contribution in [2.24, 2.45) is 0 Å². The number of rotatable bonds is 4. The van der Waals surface area contributed by atoms with Gasteiger partial charge in [-0.3, -0.25) is 0 Å². The Morgan fingerprint density at radius 3 is 3.00 bits per heavy atom. The number of nitrogen functional groups attached to an aromatic ring is 1. The maximum atomic E-state index is 6.12. The average molecular weight is 324 g/mol. The molecule has 2 aromatic heterocycles. The SMILES string of the molecule is Nc1cccc(Cl)c1SCc1nc(-c2ccsc2)no1. The van der Waals surface area contributed by atoms with Crippen molar-refractivity contribution in [3.8, 4) is 11.4 Å². The molecule has 0 aliphatic heterocycles. The van der Waals surface area contributed by atoms with Crippen LogP contribution in [0.4, 0.5) is 5.69 Å². The van der Waals surface area contributed by atoms with Gasteiger partial charge in [-0.1, -0.05) is 22.8 Å². The largest absolute Gasteiger partial charge is 0.398 e. The van der Waals surface area contributed by atoms with Gasteiger partial charge >= 0.3 is 0 Å². The number of nitrogens with two attached hydrogens (primary N) is 1. The maximum absolute atomic E-state index is 6.12. The lowest BCUT2D eigenvalue weighted by Gasteiger charge is -2.05. The molecular weight excluding hydrogens is 314 g/mol. The number of hydrogen-bond donors (Lipinski definition) is 1. The molecule has 0 unspecified atom stereocenters. The molecular formula is C13H10ClN3OS2. The van der Waals surface area contributed by atoms with Crippen LogP contribution >= 0.6 is 34.7 Å². The number of benzene rings is 1. The lowest BCUT2D eigenvalue weighted by atomic mass is 10.3. The van der Waals surface area contributed by atoms with E-state index in [1.54, 1.807) is 11.3 Å². The topological polar surface area (TPSA) is 64.9 Å². The summed E-state index contributed by atoms with van der Waals surface area (Å²) < 4.78 is 5.23. The highest BCUT2D eigenvalue weighted by Crippen LogP contribution is 2.34. The zero-order chi connectivity index (χ0) is 13.9. The summed E-state index contributed by atoms with van der Waals surface area (Å²) in [5.41, 5.74) is 7.52. The third kappa shape index (κ3) is 2.82. The highest BCUT2D eigenvalue weighted by atomic mass is 35.5. The molecule has 1 aromatic carbocycles. The summed E-state index contributed by atoms with van der Waals surface area (Å²) in [7, 11) is 0. The van der Waals surface area contributed by atoms with Crippen LogP contribution in [0.15, 0.2) is 44.4 Å². The van der Waals surface area contributed by atoms with Gasteiger partial charge in [-0.2, -0.15) is 16.3 Å². The molecule has 20 heavy (non-hydrogen) atoms. The molecule has 0 amide bonds. The standard InChI is InChI=1S/C13H10ClN3OS2/c14-9-2-1-3-10(15)12(9)20-7-11-16-13(17-18-11)8-4-5-19-6-8/h1-6H,7,15H2. The normalized spacial score (nSPS) is 10.8. The minimum Gasteiger partial charge on any atom is -0.398 e. The Morgan fingerprint density at radius 2 is 2.25 bits per heavy atom. The lowest BCUT2D eigenvalue weighted by molar-refractivity contribution is 0.391. The van der Waals surface area contributed by atoms with Crippen molar-refractivity contribution >= 4 is 40.4 Å². The van der Waals surface area contributed by atoms with Crippen molar-refractivity contribution in [2.45, 2.75) is 10.6 Å². The molecule has 4 nitrogen and oxygen atoms in total. The van der Waals surface area contributed by atoms with E-state index in [1.165, 1.54) is 11.8 Å². The van der Waals surface area contributed by atoms with E-state index in [9.17, 15) is 0 Å². The number of aromatic nitrogens is 2. The molecule has 0 fully saturated rings. The number of nitrogens with zero attached hydrogens (tertiary/aromatic N) is 2. The fraction of sp³-hybridized carbons (Fsp3) is 0.0769. The van der Waals surface area contributed by atoms with Crippen molar-refractivity contribution in [2.75, 3.05) is 5.73 Å². The number of hydrogen-bond acceptors (Lipinski definition) is 6. The zero-order valence-corrected chi connectivity index (χ0v) is 12.6. The predicted molar refractivity (Wildman–Crippen MR) is 83.0 cm³/mol. The quantitative estimate of drug-likeness (QED) is 0.572. The summed E-state index contributed by atoms with van der Waals surface area (Å²) in [6.45, 7) is 0. The molecule has 0 aliphatic rings. The first-order chi connectivity index (χ1) is 9.74. The van der Waals surface area contributed by atoms with E-state index in [1.807, 2.05) is 35.0 Å². The fourth-order valence-corrected chi connectivity index (χ4v) is 3.44. The Kier molecular flexibility index (Phi) is 3.95. The molecule has 0 spiro atoms. The van der Waals surface area contributed by atoms with Gasteiger partial charge in [-0.25, -0.2) is 0 Å². The van der Waals surface area contributed by atoms with E-state index < -0.39 is 0 Å². The second kappa shape index (κ2) is 5.87. The van der Waals surface area contributed by atoms with Gasteiger partial charge in [0.25, 0.3) is 0 Å². The summed E-state index contributed by atoms with van der Waals surface area (Å²) in [5, 5.41) is 8.55. The van der Waals surface area contributed by atoms with E-state index in [4.69, 9.17) is 21.9 Å². The van der Waals surface area contributed by atoms with Crippen LogP contribution in [-0.2, 0) is 5.75 Å². The molecule has 0 saturated heterocycles. The smallest absolute Gasteiger partial charge is 0.237 e. The van der Waals surface area contributed by atoms with Crippen molar-refractivity contribution in [3.63, 3.8) is 0 Å². The lowest BCUT2D eigenvalue weighted by Crippen LogP contribution is -1.90. The van der Waals surface area contributed by atoms with Crippen LogP contribution in [0, 0.1) is 0 Å². The summed E-state index contributed by atoms with van der Waals surface area (Å²) in [6.07, 6.45) is 0. The van der Waals surface area contributed by atoms with Gasteiger partial charge in [-0.15, -0.1) is 11.8 Å². The molecule has 2 heterocycles. The summed E-state index contributed by atoms with van der Waals surface area (Å²) in [4.78, 5) is 5.19. The Hall–Kier alpha value is -1.50. The number of anilines is 1. The molecule has 2 N–H and O–H groups in total. The fourth-order valence-electron chi connectivity index (χ4n) is 1.63. The summed E-state index contributed by atoms with van der Waals surface area (Å²) >= 11 is 9.20. The molecule has 3 rings (SSSR count). The van der Waals surface area contributed by atoms with E-state index in [2.05, 4.69) is 10.1 Å². The van der Waals surface area contributed by atoms with Crippen molar-refractivity contribution in [1.29, 1.82) is 0 Å². The third-order valence-corrected chi connectivity index (χ3v) is 4.83. The first-order valence-corrected chi connectivity index (χ1v) is 8.06. The number of thioether (sulfide) groups is 1. The predicted octanol–water partition coefficient (Wildman–Crippen LogP) is 4.33. The number of thiophene rings is 1. The van der Waals surface area contributed by atoms with Crippen LogP contribution in [0.25, 0.3) is 11.4 Å². The van der Waals surface area contributed by atoms with Crippen LogP contribution in [0.2, 0.25) is 5.02 Å². The van der Waals surface area contributed by atoms with E-state index in [-0.39, 0.29) is 0 Å². The van der Waals surface area contributed by atoms with E-state index in [0.29, 0.717) is 28.2 Å². The van der Waals surface area contributed by atoms with E-state index >= 15 is 0 Å². The second-order valence-corrected chi connectivity index (χ2v) is 6.14. The first-order valence-electron chi connectivity index (χ1n) is 5.76. The van der Waals surface area contributed by atoms with Gasteiger partial charge < -0.3 is 10.3 Å². The Bertz CT molecular complexity index is 692. The van der Waals surface area contributed by atoms with Gasteiger partial charge in [-0.05, 0) is 23.6 Å². The third-order valence-electron chi connectivity index (χ3n) is 2.58. The molecule has 0 radical (unpaired) electrons. The summed E-state index contributed by atoms with van der Waals surface area (Å²) in [5.74, 6) is 1.69. The van der Waals surface area contributed by atoms with Crippen LogP contribution < -0.4 is 5.73 Å². The molecule has 0 aliphatic carbocycles. The zero-order valence-electron chi connectivity index (χ0n) is 10.2. The minimum atomic E-state index is 0.533. The average Bonchev–Trinajstić information content (AvgIpc) is 3.09. The van der Waals surface area contributed by atoms with Gasteiger partial charge in [0.1, 0.15) is 0 Å².